The van der Waals surface area contributed by atoms with Crippen molar-refractivity contribution in [2.45, 2.75) is 18.1 Å². The van der Waals surface area contributed by atoms with Gasteiger partial charge in [0.15, 0.2) is 14.0 Å². The number of pyridine rings is 2. The van der Waals surface area contributed by atoms with Gasteiger partial charge in [-0.05, 0) is 32.0 Å². The van der Waals surface area contributed by atoms with E-state index < -0.39 is 25.4 Å². The van der Waals surface area contributed by atoms with Gasteiger partial charge in [0, 0.05) is 43.2 Å². The first kappa shape index (κ1) is 28.9. The van der Waals surface area contributed by atoms with Crippen LogP contribution in [0.1, 0.15) is 10.7 Å². The topological polar surface area (TPSA) is 162 Å². The number of nitrogens with zero attached hydrogens (tertiary/aromatic N) is 5. The predicted molar refractivity (Wildman–Crippen MR) is 154 cm³/mol. The van der Waals surface area contributed by atoms with Crippen LogP contribution in [0.15, 0.2) is 45.8 Å². The molecule has 1 fully saturated rings. The number of fused-ring (bicyclic) bond motifs is 1. The summed E-state index contributed by atoms with van der Waals surface area (Å²) in [6.45, 7) is 4.91. The van der Waals surface area contributed by atoms with Gasteiger partial charge in [0.05, 0.1) is 35.5 Å². The van der Waals surface area contributed by atoms with E-state index in [2.05, 4.69) is 19.7 Å². The molecule has 4 aromatic rings. The van der Waals surface area contributed by atoms with Gasteiger partial charge < -0.3 is 9.47 Å². The number of hydrogen-bond acceptors (Lipinski definition) is 12. The first-order chi connectivity index (χ1) is 19.5. The number of aromatic nitrogens is 4. The van der Waals surface area contributed by atoms with Crippen molar-refractivity contribution in [2.75, 3.05) is 49.6 Å². The molecule has 0 unspecified atom stereocenters. The normalized spacial score (nSPS) is 15.6. The molecule has 0 amide bonds. The Hall–Kier alpha value is -3.60. The van der Waals surface area contributed by atoms with Crippen molar-refractivity contribution in [1.82, 2.24) is 24.3 Å². The van der Waals surface area contributed by atoms with E-state index in [1.807, 2.05) is 4.90 Å². The smallest absolute Gasteiger partial charge is 0.300 e. The highest BCUT2D eigenvalue weighted by Crippen LogP contribution is 2.32. The third kappa shape index (κ3) is 6.34. The highest BCUT2D eigenvalue weighted by molar-refractivity contribution is 7.94. The number of aryl methyl sites for hydroxylation is 2. The van der Waals surface area contributed by atoms with Gasteiger partial charge in [0.25, 0.3) is 15.6 Å². The first-order valence-electron chi connectivity index (χ1n) is 12.5. The highest BCUT2D eigenvalue weighted by atomic mass is 32.2. The van der Waals surface area contributed by atoms with Gasteiger partial charge in [0.2, 0.25) is 11.6 Å². The second-order valence-electron chi connectivity index (χ2n) is 9.41. The maximum absolute atomic E-state index is 13.2. The number of sulfone groups is 1. The van der Waals surface area contributed by atoms with Crippen molar-refractivity contribution in [1.29, 1.82) is 0 Å². The third-order valence-electron chi connectivity index (χ3n) is 6.50. The Kier molecular flexibility index (Phi) is 8.00. The fourth-order valence-electron chi connectivity index (χ4n) is 4.39. The number of nitrogens with one attached hydrogen (secondary N) is 1. The fraction of sp³-hybridized carbons (Fsp3) is 0.360. The summed E-state index contributed by atoms with van der Waals surface area (Å²) in [6.07, 6.45) is 4.45. The molecule has 41 heavy (non-hydrogen) atoms. The van der Waals surface area contributed by atoms with Crippen LogP contribution in [-0.4, -0.2) is 85.9 Å². The van der Waals surface area contributed by atoms with Gasteiger partial charge in [-0.2, -0.15) is 0 Å². The van der Waals surface area contributed by atoms with Gasteiger partial charge in [0.1, 0.15) is 17.9 Å². The number of ether oxygens (including phenoxy) is 2. The third-order valence-corrected chi connectivity index (χ3v) is 11.2. The van der Waals surface area contributed by atoms with Crippen molar-refractivity contribution in [3.8, 4) is 22.8 Å². The first-order valence-corrected chi connectivity index (χ1v) is 16.7. The zero-order chi connectivity index (χ0) is 29.4. The second-order valence-corrected chi connectivity index (χ2v) is 14.8. The molecule has 5 rings (SSSR count). The standard InChI is InChI=1S/C25H28N6O7S3/c1-16-25(39-17(2)28-16)41(35,36)29-20-12-19(13-27-23(20)37-3)18-4-5-22-26-14-21(24(32)31(22)15-18)38-9-6-30-7-10-40(33,34)11-8-30/h4-5,12-15,29H,6-11H2,1-3H3. The Bertz CT molecular complexity index is 1870. The molecule has 1 aliphatic heterocycles. The molecule has 1 saturated heterocycles. The lowest BCUT2D eigenvalue weighted by Gasteiger charge is -2.26. The molecule has 0 bridgehead atoms. The van der Waals surface area contributed by atoms with E-state index in [1.54, 1.807) is 38.2 Å². The molecule has 1 aliphatic rings. The number of methoxy groups -OCH3 is 1. The summed E-state index contributed by atoms with van der Waals surface area (Å²) < 4.78 is 64.4. The molecule has 0 aliphatic carbocycles. The Morgan fingerprint density at radius 1 is 1.10 bits per heavy atom. The average molecular weight is 621 g/mol. The summed E-state index contributed by atoms with van der Waals surface area (Å²) in [5, 5.41) is 0.627. The van der Waals surface area contributed by atoms with Crippen molar-refractivity contribution >= 4 is 42.5 Å². The summed E-state index contributed by atoms with van der Waals surface area (Å²) in [5.74, 6) is 0.368. The molecule has 0 spiro atoms. The van der Waals surface area contributed by atoms with Crippen LogP contribution in [0.4, 0.5) is 5.69 Å². The molecule has 1 N–H and O–H groups in total. The number of hydrogen-bond donors (Lipinski definition) is 1. The van der Waals surface area contributed by atoms with Crippen LogP contribution in [0.3, 0.4) is 0 Å². The summed E-state index contributed by atoms with van der Waals surface area (Å²) >= 11 is 1.07. The number of sulfonamides is 1. The van der Waals surface area contributed by atoms with E-state index in [0.717, 1.165) is 11.3 Å². The van der Waals surface area contributed by atoms with E-state index in [1.165, 1.54) is 23.9 Å². The molecule has 5 heterocycles. The van der Waals surface area contributed by atoms with E-state index in [-0.39, 0.29) is 39.6 Å². The van der Waals surface area contributed by atoms with Gasteiger partial charge in [-0.25, -0.2) is 31.8 Å². The van der Waals surface area contributed by atoms with E-state index in [9.17, 15) is 21.6 Å². The number of anilines is 1. The summed E-state index contributed by atoms with van der Waals surface area (Å²) in [6, 6.07) is 4.98. The lowest BCUT2D eigenvalue weighted by Crippen LogP contribution is -2.42. The van der Waals surface area contributed by atoms with Crippen LogP contribution < -0.4 is 19.8 Å². The minimum atomic E-state index is -3.95. The molecule has 0 aromatic carbocycles. The van der Waals surface area contributed by atoms with E-state index in [0.29, 0.717) is 47.1 Å². The van der Waals surface area contributed by atoms with Gasteiger partial charge in [-0.15, -0.1) is 11.3 Å². The number of rotatable bonds is 9. The van der Waals surface area contributed by atoms with Gasteiger partial charge in [-0.3, -0.25) is 18.8 Å². The van der Waals surface area contributed by atoms with Crippen LogP contribution >= 0.6 is 11.3 Å². The maximum atomic E-state index is 13.2. The van der Waals surface area contributed by atoms with Crippen molar-refractivity contribution in [2.24, 2.45) is 0 Å². The largest absolute Gasteiger partial charge is 0.485 e. The molecule has 0 saturated carbocycles. The minimum Gasteiger partial charge on any atom is -0.485 e. The lowest BCUT2D eigenvalue weighted by atomic mass is 10.1. The van der Waals surface area contributed by atoms with Crippen LogP contribution in [0.25, 0.3) is 16.8 Å². The number of thiazole rings is 1. The van der Waals surface area contributed by atoms with Crippen LogP contribution in [0.5, 0.6) is 11.6 Å². The predicted octanol–water partition coefficient (Wildman–Crippen LogP) is 1.75. The molecular formula is C25H28N6O7S3. The fourth-order valence-corrected chi connectivity index (χ4v) is 8.20. The Morgan fingerprint density at radius 3 is 2.54 bits per heavy atom. The Morgan fingerprint density at radius 2 is 1.85 bits per heavy atom. The van der Waals surface area contributed by atoms with E-state index >= 15 is 0 Å². The van der Waals surface area contributed by atoms with Crippen LogP contribution in [0.2, 0.25) is 0 Å². The average Bonchev–Trinajstić information content (AvgIpc) is 3.29. The Balaban J connectivity index is 1.39. The highest BCUT2D eigenvalue weighted by Gasteiger charge is 2.24. The van der Waals surface area contributed by atoms with Gasteiger partial charge >= 0.3 is 0 Å². The van der Waals surface area contributed by atoms with Crippen molar-refractivity contribution in [3.05, 3.63) is 57.8 Å². The molecule has 13 nitrogen and oxygen atoms in total. The zero-order valence-corrected chi connectivity index (χ0v) is 25.0. The lowest BCUT2D eigenvalue weighted by molar-refractivity contribution is 0.217. The zero-order valence-electron chi connectivity index (χ0n) is 22.5. The Labute approximate surface area is 240 Å². The van der Waals surface area contributed by atoms with Crippen LogP contribution in [0, 0.1) is 13.8 Å². The maximum Gasteiger partial charge on any atom is 0.300 e. The quantitative estimate of drug-likeness (QED) is 0.290. The van der Waals surface area contributed by atoms with E-state index in [4.69, 9.17) is 9.47 Å². The van der Waals surface area contributed by atoms with Crippen molar-refractivity contribution in [3.63, 3.8) is 0 Å². The molecule has 16 heteroatoms. The monoisotopic (exact) mass is 620 g/mol. The second kappa shape index (κ2) is 11.3. The molecule has 0 radical (unpaired) electrons. The summed E-state index contributed by atoms with van der Waals surface area (Å²) in [5.41, 5.74) is 1.60. The van der Waals surface area contributed by atoms with Gasteiger partial charge in [-0.1, -0.05) is 0 Å². The molecule has 4 aromatic heterocycles. The summed E-state index contributed by atoms with van der Waals surface area (Å²) in [7, 11) is -5.54. The SMILES string of the molecule is COc1ncc(-c2ccc3ncc(OCCN4CCS(=O)(=O)CC4)c(=O)n3c2)cc1NS(=O)(=O)c1sc(C)nc1C. The molecular weight excluding hydrogens is 593 g/mol. The molecule has 0 atom stereocenters. The minimum absolute atomic E-state index is 0.0563. The summed E-state index contributed by atoms with van der Waals surface area (Å²) in [4.78, 5) is 27.9. The molecule has 218 valence electrons. The van der Waals surface area contributed by atoms with Crippen LogP contribution in [-0.2, 0) is 19.9 Å². The van der Waals surface area contributed by atoms with Crippen molar-refractivity contribution < 1.29 is 26.3 Å².